The number of benzene rings is 2. The Morgan fingerprint density at radius 2 is 1.68 bits per heavy atom. The molecule has 0 radical (unpaired) electrons. The number of aryl methyl sites for hydroxylation is 4. The maximum atomic E-state index is 10.9. The normalized spacial score (nSPS) is 11.0. The molecule has 2 aromatic carbocycles. The largest absolute Gasteiger partial charge is 0.493 e. The first kappa shape index (κ1) is 17.3. The molecule has 0 unspecified atom stereocenters. The van der Waals surface area contributed by atoms with Crippen LogP contribution >= 0.6 is 0 Å². The fourth-order valence-corrected chi connectivity index (χ4v) is 3.03. The van der Waals surface area contributed by atoms with E-state index >= 15 is 0 Å². The standard InChI is InChI=1S/C22H26N2O/c1-5-6-7-20-21(18-11-8-15(2)9-12-18)22(25)24(23-20)19-13-10-16(3)17(4)14-19/h8-14,25H,5-7H2,1-4H3. The quantitative estimate of drug-likeness (QED) is 0.668. The molecule has 0 saturated carbocycles. The number of aromatic hydroxyl groups is 1. The van der Waals surface area contributed by atoms with Crippen LogP contribution in [0.1, 0.15) is 42.1 Å². The van der Waals surface area contributed by atoms with Crippen LogP contribution in [-0.2, 0) is 6.42 Å². The van der Waals surface area contributed by atoms with Crippen LogP contribution in [-0.4, -0.2) is 14.9 Å². The zero-order chi connectivity index (χ0) is 18.0. The molecule has 0 atom stereocenters. The van der Waals surface area contributed by atoms with Crippen molar-refractivity contribution < 1.29 is 5.11 Å². The third-order valence-electron chi connectivity index (χ3n) is 4.78. The van der Waals surface area contributed by atoms with Crippen molar-refractivity contribution in [3.8, 4) is 22.7 Å². The highest BCUT2D eigenvalue weighted by Gasteiger charge is 2.19. The van der Waals surface area contributed by atoms with Gasteiger partial charge in [-0.3, -0.25) is 0 Å². The van der Waals surface area contributed by atoms with Crippen molar-refractivity contribution in [1.82, 2.24) is 9.78 Å². The van der Waals surface area contributed by atoms with E-state index in [0.29, 0.717) is 0 Å². The summed E-state index contributed by atoms with van der Waals surface area (Å²) in [6, 6.07) is 14.4. The average molecular weight is 334 g/mol. The van der Waals surface area contributed by atoms with E-state index in [1.54, 1.807) is 4.68 Å². The second-order valence-electron chi connectivity index (χ2n) is 6.80. The topological polar surface area (TPSA) is 38.0 Å². The van der Waals surface area contributed by atoms with Crippen molar-refractivity contribution in [3.63, 3.8) is 0 Å². The molecular weight excluding hydrogens is 308 g/mol. The van der Waals surface area contributed by atoms with Crippen molar-refractivity contribution in [2.75, 3.05) is 0 Å². The predicted molar refractivity (Wildman–Crippen MR) is 103 cm³/mol. The Labute approximate surface area is 150 Å². The molecule has 130 valence electrons. The van der Waals surface area contributed by atoms with Gasteiger partial charge in [0, 0.05) is 0 Å². The highest BCUT2D eigenvalue weighted by molar-refractivity contribution is 5.72. The summed E-state index contributed by atoms with van der Waals surface area (Å²) in [6.07, 6.45) is 3.03. The molecular formula is C22H26N2O. The zero-order valence-electron chi connectivity index (χ0n) is 15.5. The number of hydrogen-bond donors (Lipinski definition) is 1. The van der Waals surface area contributed by atoms with E-state index in [1.807, 2.05) is 6.07 Å². The van der Waals surface area contributed by atoms with E-state index in [-0.39, 0.29) is 5.88 Å². The van der Waals surface area contributed by atoms with Crippen LogP contribution in [0.25, 0.3) is 16.8 Å². The fraction of sp³-hybridized carbons (Fsp3) is 0.318. The lowest BCUT2D eigenvalue weighted by Gasteiger charge is -2.07. The van der Waals surface area contributed by atoms with Crippen LogP contribution in [0.2, 0.25) is 0 Å². The van der Waals surface area contributed by atoms with Gasteiger partial charge in [0.1, 0.15) is 0 Å². The fourth-order valence-electron chi connectivity index (χ4n) is 3.03. The van der Waals surface area contributed by atoms with E-state index in [4.69, 9.17) is 5.10 Å². The summed E-state index contributed by atoms with van der Waals surface area (Å²) in [5.74, 6) is 0.221. The van der Waals surface area contributed by atoms with Gasteiger partial charge in [0.25, 0.3) is 0 Å². The summed E-state index contributed by atoms with van der Waals surface area (Å²) in [5.41, 5.74) is 7.37. The smallest absolute Gasteiger partial charge is 0.222 e. The minimum Gasteiger partial charge on any atom is -0.493 e. The average Bonchev–Trinajstić information content (AvgIpc) is 2.93. The summed E-state index contributed by atoms with van der Waals surface area (Å²) >= 11 is 0. The highest BCUT2D eigenvalue weighted by atomic mass is 16.3. The molecule has 3 heteroatoms. The summed E-state index contributed by atoms with van der Waals surface area (Å²) in [5, 5.41) is 15.7. The summed E-state index contributed by atoms with van der Waals surface area (Å²) in [4.78, 5) is 0. The Morgan fingerprint density at radius 3 is 2.32 bits per heavy atom. The maximum Gasteiger partial charge on any atom is 0.222 e. The van der Waals surface area contributed by atoms with Gasteiger partial charge in [0.2, 0.25) is 5.88 Å². The Kier molecular flexibility index (Phi) is 4.93. The molecule has 1 heterocycles. The summed E-state index contributed by atoms with van der Waals surface area (Å²) in [6.45, 7) is 8.41. The molecule has 0 aliphatic carbocycles. The first-order valence-electron chi connectivity index (χ1n) is 8.96. The van der Waals surface area contributed by atoms with E-state index < -0.39 is 0 Å². The SMILES string of the molecule is CCCCc1nn(-c2ccc(C)c(C)c2)c(O)c1-c1ccc(C)cc1. The molecule has 0 saturated heterocycles. The summed E-state index contributed by atoms with van der Waals surface area (Å²) < 4.78 is 1.67. The van der Waals surface area contributed by atoms with Crippen LogP contribution in [0.3, 0.4) is 0 Å². The Hall–Kier alpha value is -2.55. The molecule has 0 amide bonds. The van der Waals surface area contributed by atoms with Crippen molar-refractivity contribution in [3.05, 3.63) is 64.8 Å². The van der Waals surface area contributed by atoms with Crippen LogP contribution < -0.4 is 0 Å². The number of unbranched alkanes of at least 4 members (excludes halogenated alkanes) is 1. The predicted octanol–water partition coefficient (Wildman–Crippen LogP) is 5.51. The monoisotopic (exact) mass is 334 g/mol. The molecule has 1 N–H and O–H groups in total. The molecule has 3 rings (SSSR count). The molecule has 0 aliphatic rings. The first-order chi connectivity index (χ1) is 12.0. The van der Waals surface area contributed by atoms with E-state index in [2.05, 4.69) is 64.1 Å². The molecule has 3 aromatic rings. The van der Waals surface area contributed by atoms with Gasteiger partial charge in [-0.25, -0.2) is 4.68 Å². The van der Waals surface area contributed by atoms with E-state index in [0.717, 1.165) is 41.8 Å². The molecule has 0 aliphatic heterocycles. The summed E-state index contributed by atoms with van der Waals surface area (Å²) in [7, 11) is 0. The lowest BCUT2D eigenvalue weighted by molar-refractivity contribution is 0.435. The number of aromatic nitrogens is 2. The molecule has 3 nitrogen and oxygen atoms in total. The second-order valence-corrected chi connectivity index (χ2v) is 6.80. The van der Waals surface area contributed by atoms with Crippen LogP contribution in [0.4, 0.5) is 0 Å². The van der Waals surface area contributed by atoms with Crippen molar-refractivity contribution >= 4 is 0 Å². The number of nitrogens with zero attached hydrogens (tertiary/aromatic N) is 2. The van der Waals surface area contributed by atoms with Crippen molar-refractivity contribution in [2.24, 2.45) is 0 Å². The molecule has 0 bridgehead atoms. The van der Waals surface area contributed by atoms with Crippen LogP contribution in [0, 0.1) is 20.8 Å². The Morgan fingerprint density at radius 1 is 0.960 bits per heavy atom. The molecule has 0 fully saturated rings. The van der Waals surface area contributed by atoms with Gasteiger partial charge >= 0.3 is 0 Å². The minimum atomic E-state index is 0.221. The van der Waals surface area contributed by atoms with E-state index in [9.17, 15) is 5.11 Å². The molecule has 25 heavy (non-hydrogen) atoms. The van der Waals surface area contributed by atoms with Crippen molar-refractivity contribution in [2.45, 2.75) is 47.0 Å². The third-order valence-corrected chi connectivity index (χ3v) is 4.78. The van der Waals surface area contributed by atoms with Gasteiger partial charge in [-0.2, -0.15) is 5.10 Å². The lowest BCUT2D eigenvalue weighted by Crippen LogP contribution is -1.98. The molecule has 0 spiro atoms. The first-order valence-corrected chi connectivity index (χ1v) is 8.96. The third kappa shape index (κ3) is 3.46. The lowest BCUT2D eigenvalue weighted by atomic mass is 10.0. The minimum absolute atomic E-state index is 0.221. The van der Waals surface area contributed by atoms with Crippen molar-refractivity contribution in [1.29, 1.82) is 0 Å². The number of rotatable bonds is 5. The second kappa shape index (κ2) is 7.14. The van der Waals surface area contributed by atoms with Gasteiger partial charge < -0.3 is 5.11 Å². The Balaban J connectivity index is 2.14. The van der Waals surface area contributed by atoms with Gasteiger partial charge in [-0.15, -0.1) is 0 Å². The Bertz CT molecular complexity index is 876. The highest BCUT2D eigenvalue weighted by Crippen LogP contribution is 2.35. The molecule has 1 aromatic heterocycles. The van der Waals surface area contributed by atoms with Gasteiger partial charge in [-0.1, -0.05) is 49.2 Å². The van der Waals surface area contributed by atoms with Crippen LogP contribution in [0.15, 0.2) is 42.5 Å². The number of hydrogen-bond acceptors (Lipinski definition) is 2. The van der Waals surface area contributed by atoms with E-state index in [1.165, 1.54) is 16.7 Å². The zero-order valence-corrected chi connectivity index (χ0v) is 15.5. The maximum absolute atomic E-state index is 10.9. The van der Waals surface area contributed by atoms with Gasteiger partial charge in [0.05, 0.1) is 16.9 Å². The van der Waals surface area contributed by atoms with Gasteiger partial charge in [-0.05, 0) is 62.4 Å². The van der Waals surface area contributed by atoms with Gasteiger partial charge in [0.15, 0.2) is 0 Å². The van der Waals surface area contributed by atoms with Crippen LogP contribution in [0.5, 0.6) is 5.88 Å².